The Morgan fingerprint density at radius 2 is 1.07 bits per heavy atom. The van der Waals surface area contributed by atoms with Crippen molar-refractivity contribution < 1.29 is 0 Å². The van der Waals surface area contributed by atoms with E-state index >= 15 is 0 Å². The summed E-state index contributed by atoms with van der Waals surface area (Å²) in [5.74, 6) is 0.324. The Morgan fingerprint density at radius 1 is 0.450 bits per heavy atom. The molecule has 0 saturated heterocycles. The third-order valence-electron chi connectivity index (χ3n) is 12.8. The molecule has 0 saturated carbocycles. The number of benzene rings is 9. The molecule has 0 bridgehead atoms. The van der Waals surface area contributed by atoms with Crippen molar-refractivity contribution >= 4 is 63.3 Å². The third-order valence-corrected chi connectivity index (χ3v) is 17.9. The second kappa shape index (κ2) is 14.3. The Kier molecular flexibility index (Phi) is 8.40. The molecule has 0 fully saturated rings. The van der Waals surface area contributed by atoms with Crippen molar-refractivity contribution in [1.29, 1.82) is 0 Å². The summed E-state index contributed by atoms with van der Waals surface area (Å²) < 4.78 is 5.17. The average molecular weight is 804 g/mol. The zero-order valence-corrected chi connectivity index (χ0v) is 34.7. The van der Waals surface area contributed by atoms with Gasteiger partial charge in [-0.3, -0.25) is 0 Å². The van der Waals surface area contributed by atoms with Crippen LogP contribution in [0, 0.1) is 0 Å². The highest BCUT2D eigenvalue weighted by Gasteiger charge is 2.39. The standard InChI is InChI=1S/C57H41NS2/c1-4-17-39(18-5-1)31-36-45-44-23-10-11-25-47(44)55-48(45)27-16-30-54(55)60(41-19-6-2-7-20-41,42-21-8-3-9-22-42)43-34-32-40(33-35-43)58-51-28-14-12-26-50(51)56-52(58)38-37-49-46-24-13-15-29-53(46)59-57(49)56/h1-30,32-35,37-38,45H,31,36H2. The largest absolute Gasteiger partial charge is 0.309 e. The first-order valence-corrected chi connectivity index (χ1v) is 23.4. The molecule has 286 valence electrons. The zero-order chi connectivity index (χ0) is 39.6. The van der Waals surface area contributed by atoms with Crippen LogP contribution in [0.15, 0.2) is 238 Å². The van der Waals surface area contributed by atoms with Crippen molar-refractivity contribution in [2.75, 3.05) is 0 Å². The van der Waals surface area contributed by atoms with E-state index in [-0.39, 0.29) is 0 Å². The maximum atomic E-state index is 2.48. The van der Waals surface area contributed by atoms with Gasteiger partial charge in [0.15, 0.2) is 0 Å². The second-order valence-electron chi connectivity index (χ2n) is 15.9. The zero-order valence-electron chi connectivity index (χ0n) is 33.0. The van der Waals surface area contributed by atoms with E-state index in [0.29, 0.717) is 5.92 Å². The van der Waals surface area contributed by atoms with Crippen LogP contribution in [0.5, 0.6) is 0 Å². The molecule has 12 rings (SSSR count). The number of aryl methyl sites for hydroxylation is 1. The molecule has 1 unspecified atom stereocenters. The number of aromatic nitrogens is 1. The molecule has 0 amide bonds. The normalized spacial score (nSPS) is 13.9. The van der Waals surface area contributed by atoms with E-state index in [0.717, 1.165) is 12.8 Å². The van der Waals surface area contributed by atoms with E-state index in [1.165, 1.54) is 95.1 Å². The number of hydrogen-bond donors (Lipinski definition) is 0. The van der Waals surface area contributed by atoms with Crippen LogP contribution in [0.4, 0.5) is 0 Å². The van der Waals surface area contributed by atoms with E-state index in [9.17, 15) is 0 Å². The van der Waals surface area contributed by atoms with Gasteiger partial charge in [-0.2, -0.15) is 0 Å². The van der Waals surface area contributed by atoms with Gasteiger partial charge in [0.2, 0.25) is 0 Å². The number of para-hydroxylation sites is 1. The fourth-order valence-electron chi connectivity index (χ4n) is 10.2. The molecule has 1 atom stereocenters. The average Bonchev–Trinajstić information content (AvgIpc) is 3.98. The summed E-state index contributed by atoms with van der Waals surface area (Å²) in [5.41, 5.74) is 10.7. The minimum Gasteiger partial charge on any atom is -0.309 e. The van der Waals surface area contributed by atoms with Gasteiger partial charge in [-0.05, 0) is 113 Å². The molecule has 1 aliphatic rings. The molecule has 9 aromatic carbocycles. The number of nitrogens with zero attached hydrogens (tertiary/aromatic N) is 1. The Hall–Kier alpha value is -6.65. The highest BCUT2D eigenvalue weighted by atomic mass is 32.3. The van der Waals surface area contributed by atoms with Crippen LogP contribution >= 0.6 is 21.4 Å². The number of fused-ring (bicyclic) bond motifs is 10. The van der Waals surface area contributed by atoms with Crippen molar-refractivity contribution in [3.8, 4) is 16.8 Å². The molecule has 2 heterocycles. The molecule has 3 heteroatoms. The predicted octanol–water partition coefficient (Wildman–Crippen LogP) is 16.2. The van der Waals surface area contributed by atoms with Crippen molar-refractivity contribution in [2.45, 2.75) is 38.3 Å². The van der Waals surface area contributed by atoms with E-state index in [1.807, 2.05) is 11.3 Å². The van der Waals surface area contributed by atoms with Gasteiger partial charge in [0.05, 0.1) is 11.0 Å². The minimum absolute atomic E-state index is 0.324. The van der Waals surface area contributed by atoms with E-state index in [2.05, 4.69) is 223 Å². The highest BCUT2D eigenvalue weighted by molar-refractivity contribution is 8.34. The SMILES string of the molecule is c1ccc(CCC2c3ccccc3-c3c2cccc3S(c2ccccc2)(c2ccccc2)c2ccc(-n3c4ccccc4c4c5sc6ccccc6c5ccc43)cc2)cc1. The minimum atomic E-state index is -1.99. The highest BCUT2D eigenvalue weighted by Crippen LogP contribution is 2.76. The summed E-state index contributed by atoms with van der Waals surface area (Å²) in [6.07, 6.45) is 2.11. The van der Waals surface area contributed by atoms with E-state index < -0.39 is 10.0 Å². The Labute approximate surface area is 356 Å². The summed E-state index contributed by atoms with van der Waals surface area (Å²) >= 11 is 1.91. The molecular formula is C57H41NS2. The lowest BCUT2D eigenvalue weighted by Crippen LogP contribution is -2.07. The monoisotopic (exact) mass is 803 g/mol. The topological polar surface area (TPSA) is 4.93 Å². The third kappa shape index (κ3) is 5.33. The lowest BCUT2D eigenvalue weighted by Gasteiger charge is -2.43. The molecule has 1 aliphatic carbocycles. The smallest absolute Gasteiger partial charge is 0.0555 e. The van der Waals surface area contributed by atoms with Gasteiger partial charge < -0.3 is 4.57 Å². The molecule has 11 aromatic rings. The molecule has 60 heavy (non-hydrogen) atoms. The van der Waals surface area contributed by atoms with E-state index in [4.69, 9.17) is 0 Å². The predicted molar refractivity (Wildman–Crippen MR) is 256 cm³/mol. The van der Waals surface area contributed by atoms with E-state index in [1.54, 1.807) is 0 Å². The first-order valence-electron chi connectivity index (χ1n) is 20.9. The van der Waals surface area contributed by atoms with Crippen molar-refractivity contribution in [1.82, 2.24) is 4.57 Å². The van der Waals surface area contributed by atoms with Gasteiger partial charge in [-0.15, -0.1) is 21.4 Å². The summed E-state index contributed by atoms with van der Waals surface area (Å²) in [6.45, 7) is 0. The molecule has 2 aromatic heterocycles. The van der Waals surface area contributed by atoms with Crippen LogP contribution < -0.4 is 0 Å². The lowest BCUT2D eigenvalue weighted by atomic mass is 9.90. The molecular weight excluding hydrogens is 763 g/mol. The van der Waals surface area contributed by atoms with Crippen molar-refractivity contribution in [2.24, 2.45) is 0 Å². The summed E-state index contributed by atoms with van der Waals surface area (Å²) in [6, 6.07) is 82.1. The number of rotatable bonds is 8. The van der Waals surface area contributed by atoms with Crippen LogP contribution in [0.2, 0.25) is 0 Å². The Balaban J connectivity index is 1.08. The molecule has 0 spiro atoms. The molecule has 1 nitrogen and oxygen atoms in total. The van der Waals surface area contributed by atoms with Crippen molar-refractivity contribution in [3.63, 3.8) is 0 Å². The fraction of sp³-hybridized carbons (Fsp3) is 0.0526. The van der Waals surface area contributed by atoms with Gasteiger partial charge in [-0.25, -0.2) is 0 Å². The van der Waals surface area contributed by atoms with Gasteiger partial charge >= 0.3 is 0 Å². The van der Waals surface area contributed by atoms with Crippen LogP contribution in [0.25, 0.3) is 58.8 Å². The van der Waals surface area contributed by atoms with Crippen LogP contribution in [-0.4, -0.2) is 4.57 Å². The first kappa shape index (κ1) is 35.3. The van der Waals surface area contributed by atoms with Gasteiger partial charge in [0, 0.05) is 62.1 Å². The maximum absolute atomic E-state index is 2.48. The summed E-state index contributed by atoms with van der Waals surface area (Å²) in [5, 5.41) is 5.30. The maximum Gasteiger partial charge on any atom is 0.0555 e. The number of thiophene rings is 1. The van der Waals surface area contributed by atoms with Crippen LogP contribution in [0.3, 0.4) is 0 Å². The Morgan fingerprint density at radius 3 is 1.83 bits per heavy atom. The quantitative estimate of drug-likeness (QED) is 0.144. The van der Waals surface area contributed by atoms with Gasteiger partial charge in [-0.1, -0.05) is 146 Å². The van der Waals surface area contributed by atoms with Crippen LogP contribution in [0.1, 0.15) is 29.0 Å². The van der Waals surface area contributed by atoms with Gasteiger partial charge in [0.25, 0.3) is 0 Å². The van der Waals surface area contributed by atoms with Gasteiger partial charge in [0.1, 0.15) is 0 Å². The second-order valence-corrected chi connectivity index (χ2v) is 20.0. The van der Waals surface area contributed by atoms with Crippen LogP contribution in [-0.2, 0) is 6.42 Å². The molecule has 0 N–H and O–H groups in total. The fourth-order valence-corrected chi connectivity index (χ4v) is 15.5. The summed E-state index contributed by atoms with van der Waals surface area (Å²) in [4.78, 5) is 5.41. The lowest BCUT2D eigenvalue weighted by molar-refractivity contribution is 0.729. The number of hydrogen-bond acceptors (Lipinski definition) is 1. The summed E-state index contributed by atoms with van der Waals surface area (Å²) in [7, 11) is -1.99. The molecule has 0 aliphatic heterocycles. The first-order chi connectivity index (χ1) is 29.8. The van der Waals surface area contributed by atoms with Crippen molar-refractivity contribution in [3.05, 3.63) is 235 Å². The Bertz CT molecular complexity index is 3320. The molecule has 0 radical (unpaired) electrons.